The lowest BCUT2D eigenvalue weighted by Gasteiger charge is -2.18. The molecule has 1 aromatic carbocycles. The van der Waals surface area contributed by atoms with E-state index in [1.54, 1.807) is 6.07 Å². The third-order valence-electron chi connectivity index (χ3n) is 3.57. The molecular weight excluding hydrogens is 285 g/mol. The fourth-order valence-electron chi connectivity index (χ4n) is 2.50. The van der Waals surface area contributed by atoms with Gasteiger partial charge in [-0.15, -0.1) is 5.10 Å². The maximum absolute atomic E-state index is 13.2. The number of nitrogens with one attached hydrogen (secondary N) is 1. The van der Waals surface area contributed by atoms with Crippen LogP contribution in [0.5, 0.6) is 0 Å². The predicted molar refractivity (Wildman–Crippen MR) is 85.2 cm³/mol. The standard InChI is InChI=1S/C16H22FN3S/c1-4-6-14-16(21-20-19-14)15(18-5-2)10-12-7-8-13(17)9-11(12)3/h7-9,15,18H,4-6,10H2,1-3H3. The molecule has 0 aliphatic carbocycles. The van der Waals surface area contributed by atoms with Crippen molar-refractivity contribution in [3.8, 4) is 0 Å². The lowest BCUT2D eigenvalue weighted by molar-refractivity contribution is 0.549. The second kappa shape index (κ2) is 7.61. The first kappa shape index (κ1) is 16.0. The van der Waals surface area contributed by atoms with Crippen molar-refractivity contribution in [3.05, 3.63) is 45.7 Å². The predicted octanol–water partition coefficient (Wildman–Crippen LogP) is 3.83. The number of aryl methyl sites for hydroxylation is 2. The summed E-state index contributed by atoms with van der Waals surface area (Å²) in [5.41, 5.74) is 3.25. The molecule has 1 N–H and O–H groups in total. The fourth-order valence-corrected chi connectivity index (χ4v) is 3.27. The Morgan fingerprint density at radius 1 is 1.33 bits per heavy atom. The number of halogens is 1. The van der Waals surface area contributed by atoms with E-state index in [1.165, 1.54) is 22.5 Å². The van der Waals surface area contributed by atoms with Gasteiger partial charge in [-0.1, -0.05) is 30.8 Å². The van der Waals surface area contributed by atoms with E-state index < -0.39 is 0 Å². The van der Waals surface area contributed by atoms with Crippen LogP contribution < -0.4 is 5.32 Å². The van der Waals surface area contributed by atoms with E-state index in [2.05, 4.69) is 28.8 Å². The Morgan fingerprint density at radius 3 is 2.81 bits per heavy atom. The molecule has 1 heterocycles. The maximum Gasteiger partial charge on any atom is 0.123 e. The first-order valence-corrected chi connectivity index (χ1v) is 8.22. The minimum absolute atomic E-state index is 0.178. The van der Waals surface area contributed by atoms with Crippen molar-refractivity contribution in [3.63, 3.8) is 0 Å². The van der Waals surface area contributed by atoms with E-state index in [-0.39, 0.29) is 11.9 Å². The summed E-state index contributed by atoms with van der Waals surface area (Å²) in [6.07, 6.45) is 2.85. The van der Waals surface area contributed by atoms with Gasteiger partial charge >= 0.3 is 0 Å². The number of likely N-dealkylation sites (N-methyl/N-ethyl adjacent to an activating group) is 1. The monoisotopic (exact) mass is 307 g/mol. The Hall–Kier alpha value is -1.33. The van der Waals surface area contributed by atoms with E-state index in [4.69, 9.17) is 0 Å². The topological polar surface area (TPSA) is 37.8 Å². The van der Waals surface area contributed by atoms with E-state index in [0.717, 1.165) is 42.6 Å². The molecule has 1 unspecified atom stereocenters. The molecule has 1 aromatic heterocycles. The molecule has 0 amide bonds. The number of aromatic nitrogens is 2. The third kappa shape index (κ3) is 4.08. The third-order valence-corrected chi connectivity index (χ3v) is 4.45. The van der Waals surface area contributed by atoms with E-state index >= 15 is 0 Å². The van der Waals surface area contributed by atoms with Crippen LogP contribution in [0.3, 0.4) is 0 Å². The van der Waals surface area contributed by atoms with Gasteiger partial charge in [0, 0.05) is 6.04 Å². The van der Waals surface area contributed by atoms with Gasteiger partial charge < -0.3 is 5.32 Å². The van der Waals surface area contributed by atoms with Crippen LogP contribution in [0, 0.1) is 12.7 Å². The summed E-state index contributed by atoms with van der Waals surface area (Å²) in [7, 11) is 0. The minimum Gasteiger partial charge on any atom is -0.309 e. The molecule has 5 heteroatoms. The molecule has 21 heavy (non-hydrogen) atoms. The molecule has 114 valence electrons. The van der Waals surface area contributed by atoms with Gasteiger partial charge in [-0.25, -0.2) is 4.39 Å². The molecule has 1 atom stereocenters. The Kier molecular flexibility index (Phi) is 5.82. The van der Waals surface area contributed by atoms with Gasteiger partial charge in [0.1, 0.15) is 5.82 Å². The Labute approximate surface area is 129 Å². The van der Waals surface area contributed by atoms with E-state index in [9.17, 15) is 4.39 Å². The van der Waals surface area contributed by atoms with Crippen LogP contribution in [-0.2, 0) is 12.8 Å². The van der Waals surface area contributed by atoms with Crippen LogP contribution >= 0.6 is 11.5 Å². The largest absolute Gasteiger partial charge is 0.309 e. The highest BCUT2D eigenvalue weighted by Gasteiger charge is 2.19. The fraction of sp³-hybridized carbons (Fsp3) is 0.500. The first-order valence-electron chi connectivity index (χ1n) is 7.45. The molecule has 2 rings (SSSR count). The molecule has 0 bridgehead atoms. The lowest BCUT2D eigenvalue weighted by Crippen LogP contribution is -2.23. The average molecular weight is 307 g/mol. The summed E-state index contributed by atoms with van der Waals surface area (Å²) in [6.45, 7) is 7.08. The lowest BCUT2D eigenvalue weighted by atomic mass is 9.98. The van der Waals surface area contributed by atoms with Gasteiger partial charge in [-0.2, -0.15) is 0 Å². The molecule has 3 nitrogen and oxygen atoms in total. The molecule has 0 radical (unpaired) electrons. The first-order chi connectivity index (χ1) is 10.2. The normalized spacial score (nSPS) is 12.6. The van der Waals surface area contributed by atoms with Crippen molar-refractivity contribution in [2.24, 2.45) is 0 Å². The van der Waals surface area contributed by atoms with Crippen molar-refractivity contribution in [1.82, 2.24) is 14.9 Å². The van der Waals surface area contributed by atoms with Gasteiger partial charge in [0.25, 0.3) is 0 Å². The Morgan fingerprint density at radius 2 is 2.14 bits per heavy atom. The maximum atomic E-state index is 13.2. The quantitative estimate of drug-likeness (QED) is 0.844. The summed E-state index contributed by atoms with van der Waals surface area (Å²) < 4.78 is 17.4. The molecule has 0 aliphatic rings. The number of nitrogens with zero attached hydrogens (tertiary/aromatic N) is 2. The van der Waals surface area contributed by atoms with Crippen LogP contribution in [-0.4, -0.2) is 16.1 Å². The molecule has 0 fully saturated rings. The highest BCUT2D eigenvalue weighted by Crippen LogP contribution is 2.26. The smallest absolute Gasteiger partial charge is 0.123 e. The van der Waals surface area contributed by atoms with Crippen LogP contribution in [0.25, 0.3) is 0 Å². The summed E-state index contributed by atoms with van der Waals surface area (Å²) in [5, 5.41) is 7.77. The molecule has 0 aliphatic heterocycles. The second-order valence-corrected chi connectivity index (χ2v) is 6.00. The molecule has 0 saturated carbocycles. The number of benzene rings is 1. The summed E-state index contributed by atoms with van der Waals surface area (Å²) >= 11 is 1.47. The average Bonchev–Trinajstić information content (AvgIpc) is 2.90. The Bertz CT molecular complexity index is 583. The van der Waals surface area contributed by atoms with Crippen molar-refractivity contribution in [2.75, 3.05) is 6.54 Å². The van der Waals surface area contributed by atoms with Crippen LogP contribution in [0.1, 0.15) is 48.0 Å². The van der Waals surface area contributed by atoms with Crippen molar-refractivity contribution in [2.45, 2.75) is 46.1 Å². The molecular formula is C16H22FN3S. The summed E-state index contributed by atoms with van der Waals surface area (Å²) in [5.74, 6) is -0.178. The highest BCUT2D eigenvalue weighted by molar-refractivity contribution is 7.05. The number of hydrogen-bond donors (Lipinski definition) is 1. The van der Waals surface area contributed by atoms with E-state index in [0.29, 0.717) is 0 Å². The van der Waals surface area contributed by atoms with Gasteiger partial charge in [0.2, 0.25) is 0 Å². The van der Waals surface area contributed by atoms with Crippen molar-refractivity contribution < 1.29 is 4.39 Å². The minimum atomic E-state index is -0.178. The summed E-state index contributed by atoms with van der Waals surface area (Å²) in [4.78, 5) is 1.21. The van der Waals surface area contributed by atoms with Gasteiger partial charge in [0.15, 0.2) is 0 Å². The molecule has 0 spiro atoms. The SMILES string of the molecule is CCCc1nnsc1C(Cc1ccc(F)cc1C)NCC. The van der Waals surface area contributed by atoms with E-state index in [1.807, 2.05) is 13.0 Å². The zero-order valence-corrected chi connectivity index (χ0v) is 13.6. The second-order valence-electron chi connectivity index (χ2n) is 5.22. The van der Waals surface area contributed by atoms with Crippen LogP contribution in [0.2, 0.25) is 0 Å². The summed E-state index contributed by atoms with van der Waals surface area (Å²) in [6, 6.07) is 5.20. The zero-order valence-electron chi connectivity index (χ0n) is 12.8. The Balaban J connectivity index is 2.24. The van der Waals surface area contributed by atoms with Crippen molar-refractivity contribution >= 4 is 11.5 Å². The van der Waals surface area contributed by atoms with Gasteiger partial charge in [-0.05, 0) is 61.1 Å². The van der Waals surface area contributed by atoms with Gasteiger partial charge in [-0.3, -0.25) is 0 Å². The van der Waals surface area contributed by atoms with Gasteiger partial charge in [0.05, 0.1) is 10.6 Å². The highest BCUT2D eigenvalue weighted by atomic mass is 32.1. The number of rotatable bonds is 7. The van der Waals surface area contributed by atoms with Crippen LogP contribution in [0.4, 0.5) is 4.39 Å². The molecule has 2 aromatic rings. The molecule has 0 saturated heterocycles. The zero-order chi connectivity index (χ0) is 15.2. The van der Waals surface area contributed by atoms with Crippen molar-refractivity contribution in [1.29, 1.82) is 0 Å². The number of hydrogen-bond acceptors (Lipinski definition) is 4. The van der Waals surface area contributed by atoms with Crippen LogP contribution in [0.15, 0.2) is 18.2 Å².